The van der Waals surface area contributed by atoms with Gasteiger partial charge in [-0.15, -0.1) is 6.58 Å². The van der Waals surface area contributed by atoms with Crippen LogP contribution in [0.5, 0.6) is 5.75 Å². The van der Waals surface area contributed by atoms with Crippen molar-refractivity contribution in [1.82, 2.24) is 0 Å². The zero-order chi connectivity index (χ0) is 22.5. The Morgan fingerprint density at radius 3 is 2.16 bits per heavy atom. The fourth-order valence-corrected chi connectivity index (χ4v) is 7.09. The van der Waals surface area contributed by atoms with Crippen LogP contribution in [0.25, 0.3) is 0 Å². The number of hydrogen-bond acceptors (Lipinski definition) is 1. The molecule has 0 aliphatic heterocycles. The summed E-state index contributed by atoms with van der Waals surface area (Å²) in [6, 6.07) is 3.31. The zero-order valence-electron chi connectivity index (χ0n) is 19.5. The Bertz CT molecular complexity index is 780. The Morgan fingerprint density at radius 2 is 1.44 bits per heavy atom. The van der Waals surface area contributed by atoms with Gasteiger partial charge in [-0.2, -0.15) is 4.39 Å². The summed E-state index contributed by atoms with van der Waals surface area (Å²) in [7, 11) is 0. The van der Waals surface area contributed by atoms with Gasteiger partial charge < -0.3 is 4.74 Å². The van der Waals surface area contributed by atoms with Gasteiger partial charge in [0, 0.05) is 0 Å². The summed E-state index contributed by atoms with van der Waals surface area (Å²) in [5.74, 6) is 2.96. The minimum Gasteiger partial charge on any atom is -0.486 e. The van der Waals surface area contributed by atoms with Gasteiger partial charge in [0.15, 0.2) is 11.6 Å². The lowest BCUT2D eigenvalue weighted by Gasteiger charge is -2.45. The monoisotopic (exact) mass is 442 g/mol. The maximum absolute atomic E-state index is 14.7. The summed E-state index contributed by atoms with van der Waals surface area (Å²) >= 11 is 0. The molecule has 4 rings (SSSR count). The van der Waals surface area contributed by atoms with Crippen molar-refractivity contribution < 1.29 is 13.5 Å². The average molecular weight is 443 g/mol. The molecule has 3 aliphatic carbocycles. The van der Waals surface area contributed by atoms with Crippen LogP contribution in [0.3, 0.4) is 0 Å². The molecule has 3 aliphatic rings. The molecule has 3 heteroatoms. The van der Waals surface area contributed by atoms with Crippen LogP contribution in [-0.2, 0) is 0 Å². The van der Waals surface area contributed by atoms with Crippen LogP contribution >= 0.6 is 0 Å². The van der Waals surface area contributed by atoms with Gasteiger partial charge >= 0.3 is 0 Å². The molecule has 4 unspecified atom stereocenters. The van der Waals surface area contributed by atoms with E-state index in [4.69, 9.17) is 4.74 Å². The van der Waals surface area contributed by atoms with Crippen LogP contribution < -0.4 is 4.74 Å². The number of rotatable bonds is 8. The highest BCUT2D eigenvalue weighted by Gasteiger charge is 2.39. The molecule has 0 saturated heterocycles. The summed E-state index contributed by atoms with van der Waals surface area (Å²) in [6.07, 6.45) is 18.8. The standard InChI is InChI=1S/C29H40F2O/c1-3-5-6-20-7-8-25-19-24(14-13-23(25)18-20)21-9-11-22(12-10-21)26-15-16-27(32-17-4-2)29(31)28(26)30/h3-4,15-16,20-25H,1-2,5-14,17-19H2. The Morgan fingerprint density at radius 1 is 0.781 bits per heavy atom. The Labute approximate surface area is 193 Å². The van der Waals surface area contributed by atoms with Crippen molar-refractivity contribution >= 4 is 0 Å². The highest BCUT2D eigenvalue weighted by Crippen LogP contribution is 2.50. The third-order valence-corrected chi connectivity index (χ3v) is 8.85. The first kappa shape index (κ1) is 23.5. The predicted octanol–water partition coefficient (Wildman–Crippen LogP) is 8.60. The number of benzene rings is 1. The van der Waals surface area contributed by atoms with Gasteiger partial charge in [-0.25, -0.2) is 4.39 Å². The second-order valence-electron chi connectivity index (χ2n) is 10.6. The second-order valence-corrected chi connectivity index (χ2v) is 10.6. The number of ether oxygens (including phenoxy) is 1. The molecule has 1 aromatic rings. The molecule has 3 saturated carbocycles. The van der Waals surface area contributed by atoms with E-state index in [1.807, 2.05) is 0 Å². The van der Waals surface area contributed by atoms with E-state index >= 15 is 0 Å². The van der Waals surface area contributed by atoms with Crippen molar-refractivity contribution in [2.45, 2.75) is 83.0 Å². The number of fused-ring (bicyclic) bond motifs is 1. The summed E-state index contributed by atoms with van der Waals surface area (Å²) in [4.78, 5) is 0. The molecule has 176 valence electrons. The van der Waals surface area contributed by atoms with Crippen LogP contribution in [-0.4, -0.2) is 6.61 Å². The summed E-state index contributed by atoms with van der Waals surface area (Å²) in [5.41, 5.74) is 0.536. The van der Waals surface area contributed by atoms with Gasteiger partial charge in [0.2, 0.25) is 5.82 Å². The maximum Gasteiger partial charge on any atom is 0.200 e. The lowest BCUT2D eigenvalue weighted by molar-refractivity contribution is 0.0620. The third-order valence-electron chi connectivity index (χ3n) is 8.85. The predicted molar refractivity (Wildman–Crippen MR) is 128 cm³/mol. The van der Waals surface area contributed by atoms with E-state index in [2.05, 4.69) is 19.2 Å². The van der Waals surface area contributed by atoms with Crippen molar-refractivity contribution in [2.24, 2.45) is 29.6 Å². The van der Waals surface area contributed by atoms with E-state index in [0.29, 0.717) is 5.56 Å². The van der Waals surface area contributed by atoms with Crippen molar-refractivity contribution in [3.05, 3.63) is 54.6 Å². The van der Waals surface area contributed by atoms with E-state index in [1.165, 1.54) is 57.4 Å². The van der Waals surface area contributed by atoms with E-state index in [-0.39, 0.29) is 18.3 Å². The first-order valence-electron chi connectivity index (χ1n) is 12.9. The maximum atomic E-state index is 14.7. The molecule has 0 aromatic heterocycles. The molecule has 1 nitrogen and oxygen atoms in total. The quantitative estimate of drug-likeness (QED) is 0.366. The average Bonchev–Trinajstić information content (AvgIpc) is 2.83. The first-order valence-corrected chi connectivity index (χ1v) is 12.9. The van der Waals surface area contributed by atoms with Crippen molar-refractivity contribution in [2.75, 3.05) is 6.61 Å². The van der Waals surface area contributed by atoms with Gasteiger partial charge in [0.25, 0.3) is 0 Å². The van der Waals surface area contributed by atoms with Crippen LogP contribution in [0.15, 0.2) is 37.4 Å². The largest absolute Gasteiger partial charge is 0.486 e. The van der Waals surface area contributed by atoms with Crippen LogP contribution in [0.2, 0.25) is 0 Å². The van der Waals surface area contributed by atoms with Gasteiger partial charge in [0.05, 0.1) is 0 Å². The molecule has 0 amide bonds. The van der Waals surface area contributed by atoms with E-state index in [0.717, 1.165) is 55.3 Å². The van der Waals surface area contributed by atoms with Gasteiger partial charge in [0.1, 0.15) is 6.61 Å². The highest BCUT2D eigenvalue weighted by atomic mass is 19.2. The normalized spacial score (nSPS) is 32.7. The second kappa shape index (κ2) is 11.0. The van der Waals surface area contributed by atoms with Crippen LogP contribution in [0, 0.1) is 41.2 Å². The Kier molecular flexibility index (Phi) is 8.07. The lowest BCUT2D eigenvalue weighted by atomic mass is 9.60. The van der Waals surface area contributed by atoms with Crippen molar-refractivity contribution in [1.29, 1.82) is 0 Å². The smallest absolute Gasteiger partial charge is 0.200 e. The molecule has 32 heavy (non-hydrogen) atoms. The number of hydrogen-bond donors (Lipinski definition) is 0. The topological polar surface area (TPSA) is 9.23 Å². The summed E-state index contributed by atoms with van der Waals surface area (Å²) in [6.45, 7) is 7.62. The highest BCUT2D eigenvalue weighted by molar-refractivity contribution is 5.33. The molecular weight excluding hydrogens is 402 g/mol. The molecular formula is C29H40F2O. The fraction of sp³-hybridized carbons (Fsp3) is 0.655. The molecule has 3 fully saturated rings. The fourth-order valence-electron chi connectivity index (χ4n) is 7.09. The van der Waals surface area contributed by atoms with E-state index in [9.17, 15) is 8.78 Å². The summed E-state index contributed by atoms with van der Waals surface area (Å²) in [5, 5.41) is 0. The number of halogens is 2. The first-order chi connectivity index (χ1) is 15.6. The minimum atomic E-state index is -0.853. The molecule has 4 atom stereocenters. The third kappa shape index (κ3) is 5.29. The molecule has 0 spiro atoms. The van der Waals surface area contributed by atoms with Gasteiger partial charge in [-0.05, 0) is 118 Å². The van der Waals surface area contributed by atoms with Crippen molar-refractivity contribution in [3.63, 3.8) is 0 Å². The van der Waals surface area contributed by atoms with Crippen LogP contribution in [0.1, 0.15) is 88.5 Å². The zero-order valence-corrected chi connectivity index (χ0v) is 19.5. The minimum absolute atomic E-state index is 0.0178. The van der Waals surface area contributed by atoms with Crippen LogP contribution in [0.4, 0.5) is 8.78 Å². The van der Waals surface area contributed by atoms with Gasteiger partial charge in [-0.3, -0.25) is 0 Å². The summed E-state index contributed by atoms with van der Waals surface area (Å²) < 4.78 is 34.4. The lowest BCUT2D eigenvalue weighted by Crippen LogP contribution is -2.34. The molecule has 0 heterocycles. The van der Waals surface area contributed by atoms with Crippen molar-refractivity contribution in [3.8, 4) is 5.75 Å². The Hall–Kier alpha value is -1.64. The van der Waals surface area contributed by atoms with E-state index in [1.54, 1.807) is 12.1 Å². The van der Waals surface area contributed by atoms with E-state index < -0.39 is 11.6 Å². The SMILES string of the molecule is C=CCCC1CCC2CC(C3CCC(c4ccc(OCC=C)c(F)c4F)CC3)CCC2C1. The number of allylic oxidation sites excluding steroid dienone is 1. The molecule has 0 N–H and O–H groups in total. The Balaban J connectivity index is 1.29. The molecule has 0 bridgehead atoms. The molecule has 0 radical (unpaired) electrons. The van der Waals surface area contributed by atoms with Gasteiger partial charge in [-0.1, -0.05) is 31.2 Å². The molecule has 1 aromatic carbocycles.